The van der Waals surface area contributed by atoms with E-state index in [4.69, 9.17) is 14.2 Å². The Balaban J connectivity index is 2.78. The number of carbonyl (C=O) groups is 2. The van der Waals surface area contributed by atoms with Crippen LogP contribution in [0.4, 0.5) is 0 Å². The number of aliphatic hydroxyl groups excluding tert-OH is 5. The zero-order valence-corrected chi connectivity index (χ0v) is 43.2. The van der Waals surface area contributed by atoms with Crippen LogP contribution in [0, 0.1) is 0 Å². The van der Waals surface area contributed by atoms with Gasteiger partial charge in [-0.2, -0.15) is 0 Å². The molecule has 1 rings (SSSR count). The molecule has 1 aliphatic rings. The molecular formula is C57H101NO10. The van der Waals surface area contributed by atoms with Crippen LogP contribution >= 0.6 is 0 Å². The highest BCUT2D eigenvalue weighted by atomic mass is 16.7. The summed E-state index contributed by atoms with van der Waals surface area (Å²) in [5.74, 6) is -1.26. The van der Waals surface area contributed by atoms with Crippen molar-refractivity contribution in [1.29, 1.82) is 0 Å². The quantitative estimate of drug-likeness (QED) is 0.0196. The van der Waals surface area contributed by atoms with Crippen LogP contribution in [0.15, 0.2) is 60.8 Å². The molecule has 0 aromatic rings. The van der Waals surface area contributed by atoms with Crippen LogP contribution in [-0.4, -0.2) is 99.6 Å². The minimum atomic E-state index is -1.63. The molecule has 8 unspecified atom stereocenters. The van der Waals surface area contributed by atoms with Gasteiger partial charge in [-0.3, -0.25) is 9.59 Å². The highest BCUT2D eigenvalue weighted by Crippen LogP contribution is 2.26. The predicted molar refractivity (Wildman–Crippen MR) is 278 cm³/mol. The van der Waals surface area contributed by atoms with Crippen molar-refractivity contribution in [2.75, 3.05) is 13.2 Å². The third-order valence-electron chi connectivity index (χ3n) is 12.7. The standard InChI is InChI=1S/C57H101NO10/c1-4-7-10-13-16-19-22-24-25-26-27-28-30-33-36-39-42-45-52(62)68-55-54(64)53(63)51(46-59)67-57(55)66-47-48(49(60)43-40-37-34-32-29-23-20-17-14-11-8-5-2)58-56(65)50(61)44-41-38-35-31-21-18-15-12-9-6-3/h16,19,24-25,27-28,33,36,40,43,48-51,53-55,57,59-61,63-64H,4-15,17-18,20-23,26,29-32,34-35,37-39,41-42,44-47H2,1-3H3,(H,58,65)/b19-16-,25-24-,28-27-,36-33-,43-40+. The van der Waals surface area contributed by atoms with Crippen LogP contribution in [0.2, 0.25) is 0 Å². The molecule has 11 heteroatoms. The molecule has 1 fully saturated rings. The van der Waals surface area contributed by atoms with Gasteiger partial charge in [-0.15, -0.1) is 0 Å². The van der Waals surface area contributed by atoms with E-state index in [1.165, 1.54) is 109 Å². The van der Waals surface area contributed by atoms with E-state index in [-0.39, 0.29) is 19.4 Å². The molecule has 8 atom stereocenters. The maximum atomic E-state index is 13.3. The number of esters is 1. The van der Waals surface area contributed by atoms with Crippen molar-refractivity contribution in [3.63, 3.8) is 0 Å². The summed E-state index contributed by atoms with van der Waals surface area (Å²) in [6.45, 7) is 5.69. The van der Waals surface area contributed by atoms with Crippen molar-refractivity contribution in [3.8, 4) is 0 Å². The first-order valence-electron chi connectivity index (χ1n) is 27.6. The zero-order chi connectivity index (χ0) is 49.7. The van der Waals surface area contributed by atoms with Crippen LogP contribution < -0.4 is 5.32 Å². The van der Waals surface area contributed by atoms with Crippen molar-refractivity contribution in [3.05, 3.63) is 60.8 Å². The van der Waals surface area contributed by atoms with E-state index in [2.05, 4.69) is 62.5 Å². The molecule has 394 valence electrons. The Morgan fingerprint density at radius 2 is 1.01 bits per heavy atom. The topological polar surface area (TPSA) is 175 Å². The summed E-state index contributed by atoms with van der Waals surface area (Å²) in [7, 11) is 0. The minimum absolute atomic E-state index is 0.0473. The Kier molecular flexibility index (Phi) is 42.4. The van der Waals surface area contributed by atoms with Gasteiger partial charge < -0.3 is 45.1 Å². The van der Waals surface area contributed by atoms with Gasteiger partial charge in [0.25, 0.3) is 0 Å². The molecule has 1 heterocycles. The van der Waals surface area contributed by atoms with E-state index in [1.807, 2.05) is 18.2 Å². The summed E-state index contributed by atoms with van der Waals surface area (Å²) in [6.07, 6.45) is 44.2. The van der Waals surface area contributed by atoms with E-state index in [0.29, 0.717) is 19.3 Å². The van der Waals surface area contributed by atoms with Crippen molar-refractivity contribution in [2.45, 2.75) is 275 Å². The van der Waals surface area contributed by atoms with Gasteiger partial charge in [-0.1, -0.05) is 216 Å². The summed E-state index contributed by atoms with van der Waals surface area (Å²) in [4.78, 5) is 26.3. The van der Waals surface area contributed by atoms with Crippen LogP contribution in [0.25, 0.3) is 0 Å². The van der Waals surface area contributed by atoms with E-state index in [0.717, 1.165) is 64.2 Å². The van der Waals surface area contributed by atoms with E-state index < -0.39 is 67.4 Å². The van der Waals surface area contributed by atoms with Crippen LogP contribution in [0.1, 0.15) is 226 Å². The lowest BCUT2D eigenvalue weighted by Gasteiger charge is -2.41. The van der Waals surface area contributed by atoms with Crippen LogP contribution in [-0.2, 0) is 23.8 Å². The van der Waals surface area contributed by atoms with Crippen LogP contribution in [0.3, 0.4) is 0 Å². The number of aliphatic hydroxyl groups is 5. The summed E-state index contributed by atoms with van der Waals surface area (Å²) in [5.41, 5.74) is 0. The number of rotatable bonds is 45. The maximum Gasteiger partial charge on any atom is 0.306 e. The summed E-state index contributed by atoms with van der Waals surface area (Å²) < 4.78 is 17.5. The van der Waals surface area contributed by atoms with Gasteiger partial charge in [0.1, 0.15) is 24.4 Å². The molecule has 0 saturated carbocycles. The third kappa shape index (κ3) is 33.8. The number of amides is 1. The minimum Gasteiger partial charge on any atom is -0.454 e. The predicted octanol–water partition coefficient (Wildman–Crippen LogP) is 11.9. The number of hydrogen-bond donors (Lipinski definition) is 6. The maximum absolute atomic E-state index is 13.3. The normalized spacial score (nSPS) is 20.4. The summed E-state index contributed by atoms with van der Waals surface area (Å²) in [5, 5.41) is 56.6. The highest BCUT2D eigenvalue weighted by molar-refractivity contribution is 5.80. The Morgan fingerprint density at radius 3 is 1.54 bits per heavy atom. The van der Waals surface area contributed by atoms with Gasteiger partial charge in [0.05, 0.1) is 25.4 Å². The van der Waals surface area contributed by atoms with Gasteiger partial charge in [0.15, 0.2) is 12.4 Å². The lowest BCUT2D eigenvalue weighted by Crippen LogP contribution is -2.61. The second kappa shape index (κ2) is 45.5. The van der Waals surface area contributed by atoms with Crippen molar-refractivity contribution in [2.24, 2.45) is 0 Å². The lowest BCUT2D eigenvalue weighted by molar-refractivity contribution is -0.305. The van der Waals surface area contributed by atoms with E-state index >= 15 is 0 Å². The second-order valence-electron chi connectivity index (χ2n) is 19.0. The zero-order valence-electron chi connectivity index (χ0n) is 43.2. The van der Waals surface area contributed by atoms with Gasteiger partial charge in [-0.05, 0) is 64.2 Å². The Labute approximate surface area is 414 Å². The largest absolute Gasteiger partial charge is 0.454 e. The molecule has 0 radical (unpaired) electrons. The monoisotopic (exact) mass is 960 g/mol. The first kappa shape index (κ1) is 63.4. The highest BCUT2D eigenvalue weighted by Gasteiger charge is 2.47. The Morgan fingerprint density at radius 1 is 0.574 bits per heavy atom. The number of carbonyl (C=O) groups excluding carboxylic acids is 2. The Bertz CT molecular complexity index is 1330. The first-order valence-corrected chi connectivity index (χ1v) is 27.6. The molecule has 11 nitrogen and oxygen atoms in total. The van der Waals surface area contributed by atoms with Gasteiger partial charge in [-0.25, -0.2) is 0 Å². The molecule has 6 N–H and O–H groups in total. The fourth-order valence-electron chi connectivity index (χ4n) is 8.23. The first-order chi connectivity index (χ1) is 33.2. The second-order valence-corrected chi connectivity index (χ2v) is 19.0. The van der Waals surface area contributed by atoms with E-state index in [1.54, 1.807) is 6.08 Å². The van der Waals surface area contributed by atoms with Crippen molar-refractivity contribution in [1.82, 2.24) is 5.32 Å². The number of ether oxygens (including phenoxy) is 3. The number of allylic oxidation sites excluding steroid dienone is 9. The number of hydrogen-bond acceptors (Lipinski definition) is 10. The average molecular weight is 960 g/mol. The van der Waals surface area contributed by atoms with Crippen molar-refractivity contribution >= 4 is 11.9 Å². The fraction of sp³-hybridized carbons (Fsp3) is 0.789. The van der Waals surface area contributed by atoms with E-state index in [9.17, 15) is 35.1 Å². The van der Waals surface area contributed by atoms with Gasteiger partial charge in [0.2, 0.25) is 5.91 Å². The molecule has 1 amide bonds. The molecule has 0 aliphatic carbocycles. The summed E-state index contributed by atoms with van der Waals surface area (Å²) >= 11 is 0. The molecular weight excluding hydrogens is 859 g/mol. The number of nitrogens with one attached hydrogen (secondary N) is 1. The molecule has 1 saturated heterocycles. The smallest absolute Gasteiger partial charge is 0.306 e. The van der Waals surface area contributed by atoms with Crippen molar-refractivity contribution < 1.29 is 49.3 Å². The molecule has 1 aliphatic heterocycles. The Hall–Kier alpha value is -2.64. The number of unbranched alkanes of at least 4 members (excludes halogenated alkanes) is 23. The third-order valence-corrected chi connectivity index (χ3v) is 12.7. The molecule has 68 heavy (non-hydrogen) atoms. The SMILES string of the molecule is CCCCC/C=C\C/C=C\C/C=C\C/C=C\CCCC(=O)OC1C(OCC(NC(=O)C(O)CCCCCCCCCCCC)C(O)/C=C/CCCCCCCCCCCC)OC(CO)C(O)C1O. The molecule has 0 bridgehead atoms. The fourth-order valence-corrected chi connectivity index (χ4v) is 8.23. The van der Waals surface area contributed by atoms with Gasteiger partial charge in [0, 0.05) is 6.42 Å². The molecule has 0 spiro atoms. The average Bonchev–Trinajstić information content (AvgIpc) is 3.33. The van der Waals surface area contributed by atoms with Crippen LogP contribution in [0.5, 0.6) is 0 Å². The molecule has 0 aromatic heterocycles. The lowest BCUT2D eigenvalue weighted by atomic mass is 9.99. The summed E-state index contributed by atoms with van der Waals surface area (Å²) in [6, 6.07) is -1.03. The molecule has 0 aromatic carbocycles. The van der Waals surface area contributed by atoms with Gasteiger partial charge >= 0.3 is 5.97 Å².